The van der Waals surface area contributed by atoms with Gasteiger partial charge in [0.25, 0.3) is 0 Å². The molecule has 0 spiro atoms. The molecule has 2 heterocycles. The number of aryl methyl sites for hydroxylation is 2. The number of aliphatic hydroxyl groups is 2. The van der Waals surface area contributed by atoms with Crippen molar-refractivity contribution in [2.75, 3.05) is 0 Å². The monoisotopic (exact) mass is 272 g/mol. The number of hydrogen-bond acceptors (Lipinski definition) is 4. The second-order valence-electron chi connectivity index (χ2n) is 5.52. The molecule has 0 saturated heterocycles. The second-order valence-corrected chi connectivity index (χ2v) is 5.52. The topological polar surface area (TPSA) is 66.2 Å². The van der Waals surface area contributed by atoms with Gasteiger partial charge in [-0.05, 0) is 39.8 Å². The summed E-state index contributed by atoms with van der Waals surface area (Å²) in [6.45, 7) is 6.92. The maximum Gasteiger partial charge on any atom is 0.121 e. The summed E-state index contributed by atoms with van der Waals surface area (Å²) in [6, 6.07) is 7.18. The van der Waals surface area contributed by atoms with Crippen molar-refractivity contribution < 1.29 is 10.2 Å². The molecule has 0 saturated carbocycles. The van der Waals surface area contributed by atoms with Crippen LogP contribution in [0.5, 0.6) is 0 Å². The molecule has 20 heavy (non-hydrogen) atoms. The molecule has 4 nitrogen and oxygen atoms in total. The van der Waals surface area contributed by atoms with Crippen LogP contribution in [-0.2, 0) is 11.2 Å². The molecule has 2 unspecified atom stereocenters. The average Bonchev–Trinajstić information content (AvgIpc) is 2.39. The maximum absolute atomic E-state index is 10.8. The van der Waals surface area contributed by atoms with E-state index < -0.39 is 11.2 Å². The molecule has 0 radical (unpaired) electrons. The van der Waals surface area contributed by atoms with Gasteiger partial charge in [0.05, 0.1) is 0 Å². The lowest BCUT2D eigenvalue weighted by Crippen LogP contribution is -2.45. The van der Waals surface area contributed by atoms with Crippen LogP contribution in [-0.4, -0.2) is 20.2 Å². The molecule has 106 valence electrons. The van der Waals surface area contributed by atoms with Crippen molar-refractivity contribution in [3.63, 3.8) is 0 Å². The van der Waals surface area contributed by atoms with Crippen molar-refractivity contribution in [2.24, 2.45) is 0 Å². The molecular weight excluding hydrogens is 252 g/mol. The number of rotatable bonds is 3. The summed E-state index contributed by atoms with van der Waals surface area (Å²) in [7, 11) is 0. The fourth-order valence-electron chi connectivity index (χ4n) is 2.07. The van der Waals surface area contributed by atoms with E-state index in [1.807, 2.05) is 26.0 Å². The van der Waals surface area contributed by atoms with Crippen LogP contribution in [0, 0.1) is 13.8 Å². The Hall–Kier alpha value is -1.78. The third kappa shape index (κ3) is 2.44. The summed E-state index contributed by atoms with van der Waals surface area (Å²) in [5, 5.41) is 21.6. The number of pyridine rings is 2. The Morgan fingerprint density at radius 2 is 1.10 bits per heavy atom. The summed E-state index contributed by atoms with van der Waals surface area (Å²) < 4.78 is 0. The van der Waals surface area contributed by atoms with E-state index in [1.54, 1.807) is 38.4 Å². The first kappa shape index (κ1) is 14.6. The Balaban J connectivity index is 2.45. The van der Waals surface area contributed by atoms with Crippen LogP contribution >= 0.6 is 0 Å². The van der Waals surface area contributed by atoms with Crippen LogP contribution < -0.4 is 0 Å². The Kier molecular flexibility index (Phi) is 3.63. The smallest absolute Gasteiger partial charge is 0.121 e. The van der Waals surface area contributed by atoms with E-state index in [0.717, 1.165) is 11.4 Å². The first-order valence-corrected chi connectivity index (χ1v) is 6.56. The van der Waals surface area contributed by atoms with Crippen molar-refractivity contribution in [1.29, 1.82) is 0 Å². The molecule has 2 aromatic heterocycles. The lowest BCUT2D eigenvalue weighted by Gasteiger charge is -2.39. The van der Waals surface area contributed by atoms with Crippen molar-refractivity contribution in [2.45, 2.75) is 38.9 Å². The number of nitrogens with zero attached hydrogens (tertiary/aromatic N) is 2. The summed E-state index contributed by atoms with van der Waals surface area (Å²) in [4.78, 5) is 8.36. The van der Waals surface area contributed by atoms with E-state index in [-0.39, 0.29) is 0 Å². The van der Waals surface area contributed by atoms with E-state index in [9.17, 15) is 10.2 Å². The fraction of sp³-hybridized carbons (Fsp3) is 0.375. The van der Waals surface area contributed by atoms with Gasteiger partial charge in [0.1, 0.15) is 11.2 Å². The summed E-state index contributed by atoms with van der Waals surface area (Å²) in [6.07, 6.45) is 3.18. The van der Waals surface area contributed by atoms with Crippen molar-refractivity contribution in [3.05, 3.63) is 59.2 Å². The minimum atomic E-state index is -1.47. The van der Waals surface area contributed by atoms with Gasteiger partial charge in [-0.15, -0.1) is 0 Å². The predicted octanol–water partition coefficient (Wildman–Crippen LogP) is 2.21. The van der Waals surface area contributed by atoms with E-state index in [0.29, 0.717) is 11.1 Å². The third-order valence-corrected chi connectivity index (χ3v) is 3.89. The number of aromatic nitrogens is 2. The highest BCUT2D eigenvalue weighted by atomic mass is 16.4. The van der Waals surface area contributed by atoms with Crippen LogP contribution in [0.1, 0.15) is 36.4 Å². The molecule has 0 aliphatic heterocycles. The Morgan fingerprint density at radius 3 is 1.35 bits per heavy atom. The summed E-state index contributed by atoms with van der Waals surface area (Å²) in [5.74, 6) is 0. The lowest BCUT2D eigenvalue weighted by atomic mass is 9.77. The molecule has 4 heteroatoms. The van der Waals surface area contributed by atoms with Gasteiger partial charge in [-0.2, -0.15) is 0 Å². The van der Waals surface area contributed by atoms with Crippen molar-refractivity contribution >= 4 is 0 Å². The first-order valence-electron chi connectivity index (χ1n) is 6.56. The molecule has 2 rings (SSSR count). The molecule has 2 aromatic rings. The maximum atomic E-state index is 10.8. The van der Waals surface area contributed by atoms with E-state index in [4.69, 9.17) is 0 Å². The molecule has 2 N–H and O–H groups in total. The van der Waals surface area contributed by atoms with Crippen molar-refractivity contribution in [3.8, 4) is 0 Å². The Labute approximate surface area is 119 Å². The van der Waals surface area contributed by atoms with Crippen molar-refractivity contribution in [1.82, 2.24) is 9.97 Å². The highest BCUT2D eigenvalue weighted by Gasteiger charge is 2.44. The molecule has 0 bridgehead atoms. The fourth-order valence-corrected chi connectivity index (χ4v) is 2.07. The standard InChI is InChI=1S/C16H20N2O2/c1-11-5-7-13(9-17-11)15(3,19)16(4,20)14-8-6-12(2)18-10-14/h5-10,19-20H,1-4H3. The largest absolute Gasteiger partial charge is 0.382 e. The lowest BCUT2D eigenvalue weighted by molar-refractivity contribution is -0.143. The summed E-state index contributed by atoms with van der Waals surface area (Å²) in [5.41, 5.74) is -0.0836. The van der Waals surface area contributed by atoms with Crippen LogP contribution in [0.3, 0.4) is 0 Å². The highest BCUT2D eigenvalue weighted by Crippen LogP contribution is 2.39. The van der Waals surface area contributed by atoms with Crippen LogP contribution in [0.2, 0.25) is 0 Å². The molecule has 0 fully saturated rings. The number of hydrogen-bond donors (Lipinski definition) is 2. The Morgan fingerprint density at radius 1 is 0.750 bits per heavy atom. The van der Waals surface area contributed by atoms with Gasteiger partial charge >= 0.3 is 0 Å². The van der Waals surface area contributed by atoms with E-state index in [2.05, 4.69) is 9.97 Å². The van der Waals surface area contributed by atoms with E-state index >= 15 is 0 Å². The normalized spacial score (nSPS) is 17.3. The minimum Gasteiger partial charge on any atom is -0.382 e. The van der Waals surface area contributed by atoms with Gasteiger partial charge < -0.3 is 10.2 Å². The third-order valence-electron chi connectivity index (χ3n) is 3.89. The molecule has 0 amide bonds. The molecule has 0 aliphatic rings. The summed E-state index contributed by atoms with van der Waals surface area (Å²) >= 11 is 0. The second kappa shape index (κ2) is 4.96. The molecular formula is C16H20N2O2. The van der Waals surface area contributed by atoms with Gasteiger partial charge in [-0.1, -0.05) is 12.1 Å². The zero-order chi connectivity index (χ0) is 15.0. The molecule has 0 aliphatic carbocycles. The van der Waals surface area contributed by atoms with Gasteiger partial charge in [0, 0.05) is 34.9 Å². The minimum absolute atomic E-state index is 0.564. The first-order chi connectivity index (χ1) is 9.25. The van der Waals surface area contributed by atoms with Crippen LogP contribution in [0.15, 0.2) is 36.7 Å². The van der Waals surface area contributed by atoms with Gasteiger partial charge in [0.2, 0.25) is 0 Å². The zero-order valence-corrected chi connectivity index (χ0v) is 12.3. The van der Waals surface area contributed by atoms with Gasteiger partial charge in [-0.25, -0.2) is 0 Å². The van der Waals surface area contributed by atoms with Gasteiger partial charge in [0.15, 0.2) is 0 Å². The molecule has 2 atom stereocenters. The van der Waals surface area contributed by atoms with Crippen LogP contribution in [0.25, 0.3) is 0 Å². The predicted molar refractivity (Wildman–Crippen MR) is 77.1 cm³/mol. The SMILES string of the molecule is Cc1ccc(C(C)(O)C(C)(O)c2ccc(C)nc2)cn1. The van der Waals surface area contributed by atoms with Crippen LogP contribution in [0.4, 0.5) is 0 Å². The van der Waals surface area contributed by atoms with Gasteiger partial charge in [-0.3, -0.25) is 9.97 Å². The highest BCUT2D eigenvalue weighted by molar-refractivity contribution is 5.30. The average molecular weight is 272 g/mol. The quantitative estimate of drug-likeness (QED) is 0.899. The molecule has 0 aromatic carbocycles. The van der Waals surface area contributed by atoms with E-state index in [1.165, 1.54) is 0 Å². The zero-order valence-electron chi connectivity index (χ0n) is 12.3. The Bertz CT molecular complexity index is 531.